The molecule has 1 aliphatic carbocycles. The van der Waals surface area contributed by atoms with Crippen LogP contribution in [0.5, 0.6) is 0 Å². The van der Waals surface area contributed by atoms with Crippen molar-refractivity contribution in [3.63, 3.8) is 0 Å². The predicted octanol–water partition coefficient (Wildman–Crippen LogP) is 2.30. The fourth-order valence-electron chi connectivity index (χ4n) is 3.61. The molecule has 1 fully saturated rings. The van der Waals surface area contributed by atoms with Gasteiger partial charge in [0, 0.05) is 32.4 Å². The zero-order chi connectivity index (χ0) is 18.7. The molecule has 3 rings (SSSR count). The smallest absolute Gasteiger partial charge is 0.352 e. The molecule has 0 aliphatic heterocycles. The molecule has 140 valence electrons. The van der Waals surface area contributed by atoms with Crippen LogP contribution in [-0.2, 0) is 0 Å². The second-order valence-corrected chi connectivity index (χ2v) is 6.97. The summed E-state index contributed by atoms with van der Waals surface area (Å²) in [6.07, 6.45) is 7.74. The third-order valence-corrected chi connectivity index (χ3v) is 5.22. The van der Waals surface area contributed by atoms with Gasteiger partial charge in [-0.2, -0.15) is 0 Å². The van der Waals surface area contributed by atoms with E-state index in [-0.39, 0.29) is 5.82 Å². The average Bonchev–Trinajstić information content (AvgIpc) is 2.66. The van der Waals surface area contributed by atoms with Crippen molar-refractivity contribution in [2.24, 2.45) is 0 Å². The van der Waals surface area contributed by atoms with Crippen LogP contribution in [0.15, 0.2) is 29.2 Å². The second kappa shape index (κ2) is 7.82. The van der Waals surface area contributed by atoms with E-state index >= 15 is 0 Å². The molecular weight excluding hydrogens is 334 g/mol. The Bertz CT molecular complexity index is 844. The zero-order valence-corrected chi connectivity index (χ0v) is 15.3. The van der Waals surface area contributed by atoms with Gasteiger partial charge in [-0.25, -0.2) is 4.98 Å². The molecule has 2 heterocycles. The van der Waals surface area contributed by atoms with Gasteiger partial charge in [-0.15, -0.1) is 0 Å². The van der Waals surface area contributed by atoms with Crippen LogP contribution in [0.4, 0.5) is 11.5 Å². The van der Waals surface area contributed by atoms with Crippen LogP contribution in [0.25, 0.3) is 5.65 Å². The first-order valence-electron chi connectivity index (χ1n) is 9.06. The molecule has 8 heteroatoms. The fourth-order valence-corrected chi connectivity index (χ4v) is 3.61. The Kier molecular flexibility index (Phi) is 5.51. The number of nitro groups is 1. The van der Waals surface area contributed by atoms with Gasteiger partial charge < -0.3 is 9.80 Å². The topological polar surface area (TPSA) is 84.0 Å². The summed E-state index contributed by atoms with van der Waals surface area (Å²) in [5.74, 6) is 0.128. The van der Waals surface area contributed by atoms with Gasteiger partial charge in [0.05, 0.1) is 4.92 Å². The minimum atomic E-state index is -0.650. The second-order valence-electron chi connectivity index (χ2n) is 6.97. The van der Waals surface area contributed by atoms with E-state index in [2.05, 4.69) is 16.9 Å². The summed E-state index contributed by atoms with van der Waals surface area (Å²) in [5, 5.41) is 11.5. The monoisotopic (exact) mass is 359 g/mol. The summed E-state index contributed by atoms with van der Waals surface area (Å²) in [6, 6.07) is 5.66. The highest BCUT2D eigenvalue weighted by Gasteiger charge is 2.26. The lowest BCUT2D eigenvalue weighted by Crippen LogP contribution is -2.39. The van der Waals surface area contributed by atoms with Gasteiger partial charge in [-0.1, -0.05) is 25.3 Å². The van der Waals surface area contributed by atoms with Crippen LogP contribution in [0.3, 0.4) is 0 Å². The lowest BCUT2D eigenvalue weighted by atomic mass is 9.94. The van der Waals surface area contributed by atoms with E-state index in [1.807, 2.05) is 0 Å². The molecule has 1 aliphatic rings. The number of fused-ring (bicyclic) bond motifs is 1. The van der Waals surface area contributed by atoms with Gasteiger partial charge >= 0.3 is 11.2 Å². The Hall–Kier alpha value is -2.48. The lowest BCUT2D eigenvalue weighted by molar-refractivity contribution is -0.385. The zero-order valence-electron chi connectivity index (χ0n) is 15.3. The third-order valence-electron chi connectivity index (χ3n) is 5.22. The van der Waals surface area contributed by atoms with Crippen LogP contribution in [-0.4, -0.2) is 52.4 Å². The average molecular weight is 359 g/mol. The number of nitrogens with zero attached hydrogens (tertiary/aromatic N) is 5. The maximum absolute atomic E-state index is 12.5. The van der Waals surface area contributed by atoms with E-state index in [0.717, 1.165) is 6.54 Å². The standard InChI is InChI=1S/C18H25N5O3/c1-20(14-8-4-3-5-9-14)12-13-21(2)17-16(23(25)26)18(24)22-11-7-6-10-15(22)19-17/h6-7,10-11,14H,3-5,8-9,12-13H2,1-2H3. The predicted molar refractivity (Wildman–Crippen MR) is 101 cm³/mol. The fraction of sp³-hybridized carbons (Fsp3) is 0.556. The van der Waals surface area contributed by atoms with Crippen molar-refractivity contribution in [2.45, 2.75) is 38.1 Å². The van der Waals surface area contributed by atoms with Crippen molar-refractivity contribution in [3.8, 4) is 0 Å². The largest absolute Gasteiger partial charge is 0.376 e. The quantitative estimate of drug-likeness (QED) is 0.581. The highest BCUT2D eigenvalue weighted by atomic mass is 16.6. The Labute approximate surface area is 152 Å². The first kappa shape index (κ1) is 18.3. The molecule has 0 saturated heterocycles. The number of anilines is 1. The van der Waals surface area contributed by atoms with Crippen molar-refractivity contribution < 1.29 is 4.92 Å². The van der Waals surface area contributed by atoms with Crippen molar-refractivity contribution in [2.75, 3.05) is 32.1 Å². The van der Waals surface area contributed by atoms with Gasteiger partial charge in [-0.05, 0) is 32.0 Å². The number of likely N-dealkylation sites (N-methyl/N-ethyl adjacent to an activating group) is 2. The molecule has 0 amide bonds. The number of aromatic nitrogens is 2. The number of rotatable bonds is 6. The van der Waals surface area contributed by atoms with Crippen molar-refractivity contribution in [1.29, 1.82) is 0 Å². The summed E-state index contributed by atoms with van der Waals surface area (Å²) in [7, 11) is 3.85. The van der Waals surface area contributed by atoms with Crippen molar-refractivity contribution >= 4 is 17.2 Å². The van der Waals surface area contributed by atoms with E-state index in [1.54, 1.807) is 30.1 Å². The molecule has 0 radical (unpaired) electrons. The number of pyridine rings is 1. The Morgan fingerprint density at radius 3 is 2.65 bits per heavy atom. The SMILES string of the molecule is CN(CCN(C)C1CCCCC1)c1nc2ccccn2c(=O)c1[N+](=O)[O-]. The summed E-state index contributed by atoms with van der Waals surface area (Å²) < 4.78 is 1.21. The van der Waals surface area contributed by atoms with Gasteiger partial charge in [0.25, 0.3) is 0 Å². The van der Waals surface area contributed by atoms with E-state index in [1.165, 1.54) is 42.7 Å². The normalized spacial score (nSPS) is 15.5. The molecule has 0 spiro atoms. The third kappa shape index (κ3) is 3.70. The first-order chi connectivity index (χ1) is 12.5. The van der Waals surface area contributed by atoms with Gasteiger partial charge in [0.2, 0.25) is 5.82 Å². The van der Waals surface area contributed by atoms with Crippen LogP contribution in [0, 0.1) is 10.1 Å². The summed E-state index contributed by atoms with van der Waals surface area (Å²) in [5.41, 5.74) is -0.717. The Morgan fingerprint density at radius 1 is 1.23 bits per heavy atom. The molecule has 1 saturated carbocycles. The lowest BCUT2D eigenvalue weighted by Gasteiger charge is -2.32. The molecule has 0 unspecified atom stereocenters. The molecule has 8 nitrogen and oxygen atoms in total. The Morgan fingerprint density at radius 2 is 1.96 bits per heavy atom. The van der Waals surface area contributed by atoms with Gasteiger partial charge in [0.15, 0.2) is 0 Å². The molecule has 0 aromatic carbocycles. The summed E-state index contributed by atoms with van der Waals surface area (Å²) in [4.78, 5) is 31.8. The van der Waals surface area contributed by atoms with Crippen LogP contribution in [0.1, 0.15) is 32.1 Å². The molecule has 0 N–H and O–H groups in total. The van der Waals surface area contributed by atoms with E-state index in [9.17, 15) is 14.9 Å². The summed E-state index contributed by atoms with van der Waals surface area (Å²) >= 11 is 0. The van der Waals surface area contributed by atoms with Crippen LogP contribution < -0.4 is 10.5 Å². The number of hydrogen-bond acceptors (Lipinski definition) is 6. The first-order valence-corrected chi connectivity index (χ1v) is 9.06. The highest BCUT2D eigenvalue weighted by molar-refractivity contribution is 5.61. The van der Waals surface area contributed by atoms with Crippen molar-refractivity contribution in [3.05, 3.63) is 44.9 Å². The van der Waals surface area contributed by atoms with Crippen LogP contribution in [0.2, 0.25) is 0 Å². The minimum absolute atomic E-state index is 0.128. The molecule has 26 heavy (non-hydrogen) atoms. The molecule has 0 bridgehead atoms. The van der Waals surface area contributed by atoms with E-state index in [4.69, 9.17) is 0 Å². The van der Waals surface area contributed by atoms with E-state index < -0.39 is 16.2 Å². The van der Waals surface area contributed by atoms with Gasteiger partial charge in [0.1, 0.15) is 5.65 Å². The van der Waals surface area contributed by atoms with Crippen molar-refractivity contribution in [1.82, 2.24) is 14.3 Å². The molecular formula is C18H25N5O3. The maximum atomic E-state index is 12.5. The molecule has 2 aromatic heterocycles. The number of hydrogen-bond donors (Lipinski definition) is 0. The van der Waals surface area contributed by atoms with Crippen LogP contribution >= 0.6 is 0 Å². The summed E-state index contributed by atoms with van der Waals surface area (Å²) in [6.45, 7) is 1.34. The van der Waals surface area contributed by atoms with E-state index in [0.29, 0.717) is 18.2 Å². The Balaban J connectivity index is 1.83. The molecule has 0 atom stereocenters. The highest BCUT2D eigenvalue weighted by Crippen LogP contribution is 2.23. The minimum Gasteiger partial charge on any atom is -0.352 e. The van der Waals surface area contributed by atoms with Gasteiger partial charge in [-0.3, -0.25) is 19.3 Å². The molecule has 2 aromatic rings. The maximum Gasteiger partial charge on any atom is 0.376 e.